The van der Waals surface area contributed by atoms with Crippen LogP contribution in [-0.4, -0.2) is 12.0 Å². The number of ether oxygens (including phenoxy) is 1. The second-order valence-corrected chi connectivity index (χ2v) is 4.48. The molecule has 1 N–H and O–H groups in total. The van der Waals surface area contributed by atoms with E-state index in [1.165, 1.54) is 12.1 Å². The van der Waals surface area contributed by atoms with E-state index in [4.69, 9.17) is 4.74 Å². The largest absolute Gasteiger partial charge is 0.486 e. The van der Waals surface area contributed by atoms with Gasteiger partial charge in [-0.25, -0.2) is 9.37 Å². The molecule has 0 aliphatic carbocycles. The van der Waals surface area contributed by atoms with Crippen LogP contribution in [0.3, 0.4) is 0 Å². The third kappa shape index (κ3) is 3.20. The van der Waals surface area contributed by atoms with E-state index in [0.717, 1.165) is 11.5 Å². The van der Waals surface area contributed by atoms with E-state index in [2.05, 4.69) is 26.2 Å². The lowest BCUT2D eigenvalue weighted by molar-refractivity contribution is 0.299. The molecule has 3 nitrogen and oxygen atoms in total. The highest BCUT2D eigenvalue weighted by Gasteiger charge is 2.04. The van der Waals surface area contributed by atoms with Crippen LogP contribution >= 0.6 is 15.9 Å². The molecule has 0 spiro atoms. The molecule has 1 heterocycles. The number of aromatic nitrogens is 1. The monoisotopic (exact) mass is 310 g/mol. The SMILES string of the molecule is CNc1cccc(COc2ccc(F)cc2Br)n1. The lowest BCUT2D eigenvalue weighted by Gasteiger charge is -2.08. The van der Waals surface area contributed by atoms with E-state index in [9.17, 15) is 4.39 Å². The molecule has 0 atom stereocenters. The molecule has 18 heavy (non-hydrogen) atoms. The molecule has 0 fully saturated rings. The van der Waals surface area contributed by atoms with Crippen molar-refractivity contribution in [1.29, 1.82) is 0 Å². The summed E-state index contributed by atoms with van der Waals surface area (Å²) in [5.41, 5.74) is 0.804. The first kappa shape index (κ1) is 12.8. The van der Waals surface area contributed by atoms with Gasteiger partial charge in [-0.2, -0.15) is 0 Å². The van der Waals surface area contributed by atoms with Gasteiger partial charge < -0.3 is 10.1 Å². The number of hydrogen-bond donors (Lipinski definition) is 1. The van der Waals surface area contributed by atoms with E-state index in [1.54, 1.807) is 6.07 Å². The van der Waals surface area contributed by atoms with Gasteiger partial charge in [-0.05, 0) is 46.3 Å². The van der Waals surface area contributed by atoms with Crippen molar-refractivity contribution in [3.8, 4) is 5.75 Å². The summed E-state index contributed by atoms with van der Waals surface area (Å²) in [7, 11) is 1.81. The Kier molecular flexibility index (Phi) is 4.15. The maximum absolute atomic E-state index is 12.9. The summed E-state index contributed by atoms with van der Waals surface area (Å²) in [5.74, 6) is 1.08. The van der Waals surface area contributed by atoms with E-state index in [1.807, 2.05) is 25.2 Å². The summed E-state index contributed by atoms with van der Waals surface area (Å²) in [6.07, 6.45) is 0. The molecule has 0 saturated carbocycles. The highest BCUT2D eigenvalue weighted by Crippen LogP contribution is 2.26. The summed E-state index contributed by atoms with van der Waals surface area (Å²) in [4.78, 5) is 4.33. The normalized spacial score (nSPS) is 10.2. The van der Waals surface area contributed by atoms with Crippen molar-refractivity contribution in [3.63, 3.8) is 0 Å². The number of halogens is 2. The first-order valence-corrected chi connectivity index (χ1v) is 6.20. The molecular formula is C13H12BrFN2O. The van der Waals surface area contributed by atoms with Crippen LogP contribution in [0.5, 0.6) is 5.75 Å². The Morgan fingerprint density at radius 2 is 2.17 bits per heavy atom. The molecule has 0 aliphatic heterocycles. The van der Waals surface area contributed by atoms with Crippen LogP contribution in [0.1, 0.15) is 5.69 Å². The average Bonchev–Trinajstić information content (AvgIpc) is 2.38. The van der Waals surface area contributed by atoms with Gasteiger partial charge in [0.15, 0.2) is 0 Å². The zero-order valence-electron chi connectivity index (χ0n) is 9.78. The van der Waals surface area contributed by atoms with Crippen LogP contribution in [0, 0.1) is 5.82 Å². The van der Waals surface area contributed by atoms with Gasteiger partial charge in [-0.1, -0.05) is 6.07 Å². The molecule has 1 aromatic carbocycles. The number of benzene rings is 1. The van der Waals surface area contributed by atoms with Gasteiger partial charge >= 0.3 is 0 Å². The van der Waals surface area contributed by atoms with E-state index in [0.29, 0.717) is 16.8 Å². The Hall–Kier alpha value is -1.62. The number of hydrogen-bond acceptors (Lipinski definition) is 3. The minimum Gasteiger partial charge on any atom is -0.486 e. The predicted octanol–water partition coefficient (Wildman–Crippen LogP) is 3.60. The molecule has 0 saturated heterocycles. The number of nitrogens with zero attached hydrogens (tertiary/aromatic N) is 1. The second kappa shape index (κ2) is 5.82. The highest BCUT2D eigenvalue weighted by molar-refractivity contribution is 9.10. The van der Waals surface area contributed by atoms with Crippen molar-refractivity contribution in [3.05, 3.63) is 52.4 Å². The lowest BCUT2D eigenvalue weighted by Crippen LogP contribution is -2.01. The maximum Gasteiger partial charge on any atom is 0.134 e. The molecule has 0 radical (unpaired) electrons. The molecule has 0 amide bonds. The van der Waals surface area contributed by atoms with Crippen molar-refractivity contribution in [2.24, 2.45) is 0 Å². The fourth-order valence-corrected chi connectivity index (χ4v) is 1.91. The van der Waals surface area contributed by atoms with Crippen molar-refractivity contribution in [2.45, 2.75) is 6.61 Å². The van der Waals surface area contributed by atoms with Crippen molar-refractivity contribution >= 4 is 21.7 Å². The van der Waals surface area contributed by atoms with Crippen LogP contribution in [0.4, 0.5) is 10.2 Å². The first-order chi connectivity index (χ1) is 8.69. The van der Waals surface area contributed by atoms with Crippen LogP contribution in [0.25, 0.3) is 0 Å². The maximum atomic E-state index is 12.9. The zero-order valence-corrected chi connectivity index (χ0v) is 11.4. The standard InChI is InChI=1S/C13H12BrFN2O/c1-16-13-4-2-3-10(17-13)8-18-12-6-5-9(15)7-11(12)14/h2-7H,8H2,1H3,(H,16,17). The first-order valence-electron chi connectivity index (χ1n) is 5.40. The van der Waals surface area contributed by atoms with Gasteiger partial charge in [-0.3, -0.25) is 0 Å². The van der Waals surface area contributed by atoms with E-state index < -0.39 is 0 Å². The van der Waals surface area contributed by atoms with Gasteiger partial charge in [0, 0.05) is 7.05 Å². The van der Waals surface area contributed by atoms with Crippen molar-refractivity contribution < 1.29 is 9.13 Å². The highest BCUT2D eigenvalue weighted by atomic mass is 79.9. The van der Waals surface area contributed by atoms with Gasteiger partial charge in [0.1, 0.15) is 24.0 Å². The topological polar surface area (TPSA) is 34.1 Å². The second-order valence-electron chi connectivity index (χ2n) is 3.63. The Bertz CT molecular complexity index is 548. The molecular weight excluding hydrogens is 299 g/mol. The molecule has 2 rings (SSSR count). The van der Waals surface area contributed by atoms with E-state index in [-0.39, 0.29) is 5.82 Å². The number of pyridine rings is 1. The fourth-order valence-electron chi connectivity index (χ4n) is 1.44. The number of rotatable bonds is 4. The summed E-state index contributed by atoms with van der Waals surface area (Å²) in [6, 6.07) is 9.96. The van der Waals surface area contributed by atoms with E-state index >= 15 is 0 Å². The van der Waals surface area contributed by atoms with Gasteiger partial charge in [0.2, 0.25) is 0 Å². The van der Waals surface area contributed by atoms with Crippen LogP contribution < -0.4 is 10.1 Å². The minimum atomic E-state index is -0.301. The molecule has 94 valence electrons. The number of nitrogens with one attached hydrogen (secondary N) is 1. The molecule has 0 bridgehead atoms. The zero-order chi connectivity index (χ0) is 13.0. The fraction of sp³-hybridized carbons (Fsp3) is 0.154. The molecule has 5 heteroatoms. The Labute approximate surface area is 113 Å². The summed E-state index contributed by atoms with van der Waals surface area (Å²) < 4.78 is 19.1. The third-order valence-electron chi connectivity index (χ3n) is 2.33. The van der Waals surface area contributed by atoms with Crippen LogP contribution in [0.15, 0.2) is 40.9 Å². The average molecular weight is 311 g/mol. The quantitative estimate of drug-likeness (QED) is 0.937. The van der Waals surface area contributed by atoms with Crippen LogP contribution in [-0.2, 0) is 6.61 Å². The molecule has 0 unspecified atom stereocenters. The third-order valence-corrected chi connectivity index (χ3v) is 2.95. The number of anilines is 1. The van der Waals surface area contributed by atoms with Gasteiger partial charge in [-0.15, -0.1) is 0 Å². The van der Waals surface area contributed by atoms with Crippen LogP contribution in [0.2, 0.25) is 0 Å². The minimum absolute atomic E-state index is 0.301. The molecule has 1 aromatic heterocycles. The Morgan fingerprint density at radius 3 is 2.89 bits per heavy atom. The van der Waals surface area contributed by atoms with Crippen molar-refractivity contribution in [1.82, 2.24) is 4.98 Å². The molecule has 2 aromatic rings. The summed E-state index contributed by atoms with van der Waals surface area (Å²) in [5, 5.41) is 2.96. The lowest BCUT2D eigenvalue weighted by atomic mass is 10.3. The predicted molar refractivity (Wildman–Crippen MR) is 72.2 cm³/mol. The van der Waals surface area contributed by atoms with Gasteiger partial charge in [0.05, 0.1) is 10.2 Å². The summed E-state index contributed by atoms with van der Waals surface area (Å²) in [6.45, 7) is 0.333. The smallest absolute Gasteiger partial charge is 0.134 e. The van der Waals surface area contributed by atoms with Gasteiger partial charge in [0.25, 0.3) is 0 Å². The molecule has 0 aliphatic rings. The summed E-state index contributed by atoms with van der Waals surface area (Å²) >= 11 is 3.25. The Balaban J connectivity index is 2.06. The Morgan fingerprint density at radius 1 is 1.33 bits per heavy atom. The van der Waals surface area contributed by atoms with Crippen molar-refractivity contribution in [2.75, 3.05) is 12.4 Å².